The lowest BCUT2D eigenvalue weighted by Gasteiger charge is -2.12. The summed E-state index contributed by atoms with van der Waals surface area (Å²) in [7, 11) is 0. The van der Waals surface area contributed by atoms with E-state index in [1.165, 1.54) is 28.6 Å². The van der Waals surface area contributed by atoms with Crippen molar-refractivity contribution in [3.8, 4) is 17.5 Å². The van der Waals surface area contributed by atoms with E-state index < -0.39 is 5.25 Å². The Morgan fingerprint density at radius 3 is 2.81 bits per heavy atom. The third kappa shape index (κ3) is 3.99. The Bertz CT molecular complexity index is 964. The fourth-order valence-electron chi connectivity index (χ4n) is 2.13. The van der Waals surface area contributed by atoms with Crippen LogP contribution in [0.5, 0.6) is 5.75 Å². The van der Waals surface area contributed by atoms with Gasteiger partial charge in [0.2, 0.25) is 11.1 Å². The second kappa shape index (κ2) is 7.67. The van der Waals surface area contributed by atoms with E-state index in [-0.39, 0.29) is 11.7 Å². The van der Waals surface area contributed by atoms with Crippen molar-refractivity contribution < 1.29 is 9.90 Å². The summed E-state index contributed by atoms with van der Waals surface area (Å²) in [6.45, 7) is 1.74. The summed E-state index contributed by atoms with van der Waals surface area (Å²) >= 11 is 1.20. The maximum absolute atomic E-state index is 12.4. The molecule has 0 radical (unpaired) electrons. The van der Waals surface area contributed by atoms with E-state index >= 15 is 0 Å². The van der Waals surface area contributed by atoms with Crippen molar-refractivity contribution in [2.75, 3.05) is 5.32 Å². The zero-order valence-electron chi connectivity index (χ0n) is 13.7. The lowest BCUT2D eigenvalue weighted by Crippen LogP contribution is -2.23. The highest BCUT2D eigenvalue weighted by Crippen LogP contribution is 2.24. The molecule has 1 atom stereocenters. The minimum atomic E-state index is -0.470. The van der Waals surface area contributed by atoms with Crippen LogP contribution < -0.4 is 5.32 Å². The number of tetrazole rings is 1. The molecule has 1 aromatic heterocycles. The third-order valence-electron chi connectivity index (χ3n) is 3.45. The zero-order valence-corrected chi connectivity index (χ0v) is 14.5. The number of aromatic hydroxyl groups is 1. The molecule has 0 saturated heterocycles. The first-order valence-corrected chi connectivity index (χ1v) is 8.50. The SMILES string of the molecule is C[C@H](Sc1nnnn1-c1ccc(O)cc1)C(=O)Nc1cccc(C#N)c1. The van der Waals surface area contributed by atoms with Crippen LogP contribution in [0.15, 0.2) is 53.7 Å². The van der Waals surface area contributed by atoms with Crippen LogP contribution >= 0.6 is 11.8 Å². The summed E-state index contributed by atoms with van der Waals surface area (Å²) in [5.74, 6) is -0.0891. The van der Waals surface area contributed by atoms with Gasteiger partial charge >= 0.3 is 0 Å². The molecule has 9 heteroatoms. The molecule has 3 rings (SSSR count). The van der Waals surface area contributed by atoms with Crippen molar-refractivity contribution in [3.05, 3.63) is 54.1 Å². The van der Waals surface area contributed by atoms with E-state index in [1.807, 2.05) is 6.07 Å². The number of carbonyl (C=O) groups is 1. The summed E-state index contributed by atoms with van der Waals surface area (Å²) in [6.07, 6.45) is 0. The molecular weight excluding hydrogens is 352 g/mol. The van der Waals surface area contributed by atoms with Crippen LogP contribution in [-0.4, -0.2) is 36.5 Å². The van der Waals surface area contributed by atoms with Crippen molar-refractivity contribution in [1.82, 2.24) is 20.2 Å². The molecule has 2 N–H and O–H groups in total. The zero-order chi connectivity index (χ0) is 18.5. The number of phenolic OH excluding ortho intramolecular Hbond substituents is 1. The molecular formula is C17H14N6O2S. The maximum atomic E-state index is 12.4. The molecule has 130 valence electrons. The number of anilines is 1. The quantitative estimate of drug-likeness (QED) is 0.666. The van der Waals surface area contributed by atoms with Gasteiger partial charge in [0.1, 0.15) is 5.75 Å². The van der Waals surface area contributed by atoms with Crippen molar-refractivity contribution >= 4 is 23.4 Å². The number of phenols is 1. The van der Waals surface area contributed by atoms with E-state index in [9.17, 15) is 9.90 Å². The fourth-order valence-corrected chi connectivity index (χ4v) is 2.94. The Morgan fingerprint density at radius 1 is 1.31 bits per heavy atom. The van der Waals surface area contributed by atoms with E-state index in [4.69, 9.17) is 5.26 Å². The minimum Gasteiger partial charge on any atom is -0.508 e. The highest BCUT2D eigenvalue weighted by Gasteiger charge is 2.19. The second-order valence-corrected chi connectivity index (χ2v) is 6.64. The summed E-state index contributed by atoms with van der Waals surface area (Å²) in [4.78, 5) is 12.4. The molecule has 0 saturated carbocycles. The number of thioether (sulfide) groups is 1. The third-order valence-corrected chi connectivity index (χ3v) is 4.48. The molecule has 0 bridgehead atoms. The Labute approximate surface area is 153 Å². The molecule has 0 fully saturated rings. The summed E-state index contributed by atoms with van der Waals surface area (Å²) in [5, 5.41) is 32.6. The number of hydrogen-bond donors (Lipinski definition) is 2. The van der Waals surface area contributed by atoms with Gasteiger partial charge < -0.3 is 10.4 Å². The van der Waals surface area contributed by atoms with Crippen molar-refractivity contribution in [1.29, 1.82) is 5.26 Å². The number of rotatable bonds is 5. The minimum absolute atomic E-state index is 0.142. The maximum Gasteiger partial charge on any atom is 0.237 e. The van der Waals surface area contributed by atoms with Crippen LogP contribution in [0.25, 0.3) is 5.69 Å². The fraction of sp³-hybridized carbons (Fsp3) is 0.118. The van der Waals surface area contributed by atoms with E-state index in [1.54, 1.807) is 43.3 Å². The van der Waals surface area contributed by atoms with Crippen LogP contribution in [0.3, 0.4) is 0 Å². The molecule has 0 spiro atoms. The predicted molar refractivity (Wildman–Crippen MR) is 95.9 cm³/mol. The number of nitriles is 1. The van der Waals surface area contributed by atoms with Crippen molar-refractivity contribution in [3.63, 3.8) is 0 Å². The standard InChI is InChI=1S/C17H14N6O2S/c1-11(16(25)19-13-4-2-3-12(9-13)10-18)26-17-20-21-22-23(17)14-5-7-15(24)8-6-14/h2-9,11,24H,1H3,(H,19,25)/t11-/m0/s1. The highest BCUT2D eigenvalue weighted by molar-refractivity contribution is 8.00. The molecule has 0 aliphatic carbocycles. The van der Waals surface area contributed by atoms with Crippen LogP contribution in [0.2, 0.25) is 0 Å². The number of nitrogens with zero attached hydrogens (tertiary/aromatic N) is 5. The molecule has 8 nitrogen and oxygen atoms in total. The van der Waals surface area contributed by atoms with Gasteiger partial charge in [-0.2, -0.15) is 9.94 Å². The Hall–Kier alpha value is -3.38. The second-order valence-electron chi connectivity index (χ2n) is 5.33. The van der Waals surface area contributed by atoms with Gasteiger partial charge in [-0.1, -0.05) is 17.8 Å². The molecule has 0 aliphatic heterocycles. The predicted octanol–water partition coefficient (Wildman–Crippen LogP) is 2.36. The first-order valence-electron chi connectivity index (χ1n) is 7.62. The Balaban J connectivity index is 1.71. The molecule has 0 aliphatic rings. The highest BCUT2D eigenvalue weighted by atomic mass is 32.2. The smallest absolute Gasteiger partial charge is 0.237 e. The monoisotopic (exact) mass is 366 g/mol. The molecule has 3 aromatic rings. The summed E-state index contributed by atoms with van der Waals surface area (Å²) in [5.41, 5.74) is 1.70. The summed E-state index contributed by atoms with van der Waals surface area (Å²) < 4.78 is 1.49. The van der Waals surface area contributed by atoms with E-state index in [0.717, 1.165) is 0 Å². The molecule has 1 heterocycles. The number of hydrogen-bond acceptors (Lipinski definition) is 7. The van der Waals surface area contributed by atoms with E-state index in [2.05, 4.69) is 20.8 Å². The van der Waals surface area contributed by atoms with Crippen LogP contribution in [0, 0.1) is 11.3 Å². The number of benzene rings is 2. The topological polar surface area (TPSA) is 117 Å². The Kier molecular flexibility index (Phi) is 5.15. The lowest BCUT2D eigenvalue weighted by molar-refractivity contribution is -0.115. The summed E-state index contributed by atoms with van der Waals surface area (Å²) in [6, 6.07) is 15.1. The Morgan fingerprint density at radius 2 is 2.08 bits per heavy atom. The van der Waals surface area contributed by atoms with Crippen molar-refractivity contribution in [2.45, 2.75) is 17.3 Å². The number of amides is 1. The largest absolute Gasteiger partial charge is 0.508 e. The van der Waals surface area contributed by atoms with Gasteiger partial charge in [-0.25, -0.2) is 0 Å². The normalized spacial score (nSPS) is 11.5. The number of nitrogens with one attached hydrogen (secondary N) is 1. The van der Waals surface area contributed by atoms with Gasteiger partial charge in [0, 0.05) is 5.69 Å². The molecule has 26 heavy (non-hydrogen) atoms. The van der Waals surface area contributed by atoms with Crippen LogP contribution in [0.1, 0.15) is 12.5 Å². The first-order chi connectivity index (χ1) is 12.6. The van der Waals surface area contributed by atoms with Gasteiger partial charge in [0.25, 0.3) is 0 Å². The molecule has 2 aromatic carbocycles. The first kappa shape index (κ1) is 17.4. The lowest BCUT2D eigenvalue weighted by atomic mass is 10.2. The van der Waals surface area contributed by atoms with Gasteiger partial charge in [0.05, 0.1) is 22.6 Å². The van der Waals surface area contributed by atoms with E-state index in [0.29, 0.717) is 22.1 Å². The number of aromatic nitrogens is 4. The van der Waals surface area contributed by atoms with Gasteiger partial charge in [-0.15, -0.1) is 5.10 Å². The van der Waals surface area contributed by atoms with Gasteiger partial charge in [-0.3, -0.25) is 4.79 Å². The van der Waals surface area contributed by atoms with Crippen LogP contribution in [0.4, 0.5) is 5.69 Å². The average molecular weight is 366 g/mol. The molecule has 1 amide bonds. The van der Waals surface area contributed by atoms with Gasteiger partial charge in [0.15, 0.2) is 0 Å². The van der Waals surface area contributed by atoms with Crippen molar-refractivity contribution in [2.24, 2.45) is 0 Å². The van der Waals surface area contributed by atoms with Crippen LogP contribution in [-0.2, 0) is 4.79 Å². The molecule has 0 unspecified atom stereocenters. The number of carbonyl (C=O) groups excluding carboxylic acids is 1. The van der Waals surface area contributed by atoms with Gasteiger partial charge in [-0.05, 0) is 59.8 Å². The average Bonchev–Trinajstić information content (AvgIpc) is 3.10.